The minimum atomic E-state index is -3.06. The molecular formula is C22H21Cl2O2P. The molecule has 2 nitrogen and oxygen atoms in total. The molecule has 0 aliphatic heterocycles. The molecule has 0 spiro atoms. The standard InChI is InChI=1S/C22H21Cl2O2P/c1-22(2,3)27(26,16-9-5-4-6-10-16)20-12-8-7-11-17(20)18-13-15(23)14-19(24)21(18)25/h4-14,25H,1-3H3/t27-/m1/s1. The molecule has 1 N–H and O–H groups in total. The molecule has 27 heavy (non-hydrogen) atoms. The van der Waals surface area contributed by atoms with Gasteiger partial charge < -0.3 is 9.67 Å². The summed E-state index contributed by atoms with van der Waals surface area (Å²) in [4.78, 5) is 0. The summed E-state index contributed by atoms with van der Waals surface area (Å²) in [7, 11) is -3.06. The summed E-state index contributed by atoms with van der Waals surface area (Å²) in [6, 6.07) is 20.1. The minimum absolute atomic E-state index is 0.0676. The normalized spacial score (nSPS) is 14.0. The van der Waals surface area contributed by atoms with Crippen LogP contribution in [-0.4, -0.2) is 10.3 Å². The van der Waals surface area contributed by atoms with Gasteiger partial charge in [-0.05, 0) is 17.7 Å². The maximum Gasteiger partial charge on any atom is 0.148 e. The van der Waals surface area contributed by atoms with Crippen molar-refractivity contribution in [1.82, 2.24) is 0 Å². The monoisotopic (exact) mass is 418 g/mol. The predicted octanol–water partition coefficient (Wildman–Crippen LogP) is 6.48. The number of phenolic OH excluding ortho intramolecular Hbond substituents is 1. The van der Waals surface area contributed by atoms with Crippen LogP contribution in [0, 0.1) is 0 Å². The molecule has 5 heteroatoms. The second-order valence-electron chi connectivity index (χ2n) is 7.42. The van der Waals surface area contributed by atoms with Gasteiger partial charge in [0, 0.05) is 26.4 Å². The highest BCUT2D eigenvalue weighted by Crippen LogP contribution is 2.57. The molecule has 0 bridgehead atoms. The van der Waals surface area contributed by atoms with E-state index in [0.29, 0.717) is 21.5 Å². The van der Waals surface area contributed by atoms with Gasteiger partial charge in [0.15, 0.2) is 0 Å². The van der Waals surface area contributed by atoms with Crippen molar-refractivity contribution < 1.29 is 9.67 Å². The average Bonchev–Trinajstić information content (AvgIpc) is 2.64. The highest BCUT2D eigenvalue weighted by Gasteiger charge is 2.41. The van der Waals surface area contributed by atoms with E-state index in [1.807, 2.05) is 75.4 Å². The fourth-order valence-corrected chi connectivity index (χ4v) is 6.96. The zero-order valence-corrected chi connectivity index (χ0v) is 17.8. The minimum Gasteiger partial charge on any atom is -0.506 e. The van der Waals surface area contributed by atoms with Crippen molar-refractivity contribution >= 4 is 41.0 Å². The molecule has 0 aliphatic carbocycles. The van der Waals surface area contributed by atoms with Gasteiger partial charge in [-0.2, -0.15) is 0 Å². The van der Waals surface area contributed by atoms with Crippen LogP contribution in [0.3, 0.4) is 0 Å². The number of hydrogen-bond acceptors (Lipinski definition) is 2. The van der Waals surface area contributed by atoms with Crippen molar-refractivity contribution in [3.63, 3.8) is 0 Å². The predicted molar refractivity (Wildman–Crippen MR) is 117 cm³/mol. The second kappa shape index (κ2) is 7.36. The van der Waals surface area contributed by atoms with Gasteiger partial charge in [0.25, 0.3) is 0 Å². The Hall–Kier alpha value is -1.73. The summed E-state index contributed by atoms with van der Waals surface area (Å²) in [5, 5.41) is 12.1. The van der Waals surface area contributed by atoms with Crippen molar-refractivity contribution in [3.05, 3.63) is 76.8 Å². The fourth-order valence-electron chi connectivity index (χ4n) is 3.27. The zero-order valence-electron chi connectivity index (χ0n) is 15.4. The smallest absolute Gasteiger partial charge is 0.148 e. The van der Waals surface area contributed by atoms with Gasteiger partial charge >= 0.3 is 0 Å². The summed E-state index contributed by atoms with van der Waals surface area (Å²) in [5.41, 5.74) is 1.14. The lowest BCUT2D eigenvalue weighted by molar-refractivity contribution is 0.477. The Morgan fingerprint density at radius 2 is 1.44 bits per heavy atom. The van der Waals surface area contributed by atoms with E-state index in [-0.39, 0.29) is 10.8 Å². The Balaban J connectivity index is 2.38. The summed E-state index contributed by atoms with van der Waals surface area (Å²) in [6.45, 7) is 5.92. The van der Waals surface area contributed by atoms with Gasteiger partial charge in [-0.3, -0.25) is 0 Å². The van der Waals surface area contributed by atoms with Crippen LogP contribution in [0.2, 0.25) is 10.0 Å². The van der Waals surface area contributed by atoms with Crippen molar-refractivity contribution in [2.45, 2.75) is 25.9 Å². The third-order valence-corrected chi connectivity index (χ3v) is 9.12. The molecule has 0 amide bonds. The van der Waals surface area contributed by atoms with Crippen LogP contribution in [0.1, 0.15) is 20.8 Å². The first kappa shape index (κ1) is 20.0. The molecule has 0 aromatic heterocycles. The highest BCUT2D eigenvalue weighted by atomic mass is 35.5. The topological polar surface area (TPSA) is 37.3 Å². The van der Waals surface area contributed by atoms with Gasteiger partial charge in [0.1, 0.15) is 12.9 Å². The lowest BCUT2D eigenvalue weighted by Crippen LogP contribution is -2.31. The lowest BCUT2D eigenvalue weighted by Gasteiger charge is -2.33. The highest BCUT2D eigenvalue weighted by molar-refractivity contribution is 7.80. The first-order chi connectivity index (χ1) is 12.7. The van der Waals surface area contributed by atoms with E-state index >= 15 is 0 Å². The quantitative estimate of drug-likeness (QED) is 0.494. The molecule has 0 radical (unpaired) electrons. The number of aromatic hydroxyl groups is 1. The molecule has 0 saturated carbocycles. The largest absolute Gasteiger partial charge is 0.506 e. The molecule has 0 unspecified atom stereocenters. The molecule has 1 atom stereocenters. The first-order valence-corrected chi connectivity index (χ1v) is 11.1. The lowest BCUT2D eigenvalue weighted by atomic mass is 10.0. The molecule has 0 saturated heterocycles. The molecule has 0 aliphatic rings. The third kappa shape index (κ3) is 3.55. The zero-order chi connectivity index (χ0) is 19.8. The van der Waals surface area contributed by atoms with E-state index < -0.39 is 12.3 Å². The Labute approximate surface area is 170 Å². The van der Waals surface area contributed by atoms with Gasteiger partial charge in [-0.15, -0.1) is 0 Å². The summed E-state index contributed by atoms with van der Waals surface area (Å²) in [6.07, 6.45) is 0. The molecule has 3 rings (SSSR count). The summed E-state index contributed by atoms with van der Waals surface area (Å²) < 4.78 is 14.6. The van der Waals surface area contributed by atoms with Crippen LogP contribution >= 0.6 is 30.3 Å². The van der Waals surface area contributed by atoms with E-state index in [1.165, 1.54) is 6.07 Å². The number of phenols is 1. The SMILES string of the molecule is CC(C)(C)[P@@](=O)(c1ccccc1)c1ccccc1-c1cc(Cl)cc(Cl)c1O. The fraction of sp³-hybridized carbons (Fsp3) is 0.182. The molecule has 0 heterocycles. The molecule has 3 aromatic carbocycles. The van der Waals surface area contributed by atoms with Crippen LogP contribution in [-0.2, 0) is 4.57 Å². The molecular weight excluding hydrogens is 398 g/mol. The van der Waals surface area contributed by atoms with E-state index in [9.17, 15) is 9.67 Å². The van der Waals surface area contributed by atoms with Gasteiger partial charge in [0.2, 0.25) is 0 Å². The Morgan fingerprint density at radius 1 is 0.852 bits per heavy atom. The van der Waals surface area contributed by atoms with Crippen LogP contribution in [0.15, 0.2) is 66.7 Å². The van der Waals surface area contributed by atoms with E-state index in [1.54, 1.807) is 6.07 Å². The summed E-state index contributed by atoms with van der Waals surface area (Å²) in [5.74, 6) is -0.0676. The van der Waals surface area contributed by atoms with E-state index in [2.05, 4.69) is 0 Å². The summed E-state index contributed by atoms with van der Waals surface area (Å²) >= 11 is 12.3. The van der Waals surface area contributed by atoms with Crippen LogP contribution < -0.4 is 10.6 Å². The third-order valence-electron chi connectivity index (χ3n) is 4.63. The molecule has 140 valence electrons. The Morgan fingerprint density at radius 3 is 2.07 bits per heavy atom. The van der Waals surface area contributed by atoms with Crippen molar-refractivity contribution in [1.29, 1.82) is 0 Å². The van der Waals surface area contributed by atoms with Gasteiger partial charge in [-0.25, -0.2) is 0 Å². The molecule has 0 fully saturated rings. The number of benzene rings is 3. The maximum atomic E-state index is 14.6. The van der Waals surface area contributed by atoms with Crippen molar-refractivity contribution in [2.24, 2.45) is 0 Å². The number of rotatable bonds is 3. The van der Waals surface area contributed by atoms with Gasteiger partial charge in [-0.1, -0.05) is 98.6 Å². The number of halogens is 2. The van der Waals surface area contributed by atoms with Crippen LogP contribution in [0.5, 0.6) is 5.75 Å². The van der Waals surface area contributed by atoms with Crippen LogP contribution in [0.25, 0.3) is 11.1 Å². The van der Waals surface area contributed by atoms with E-state index in [4.69, 9.17) is 23.2 Å². The number of hydrogen-bond donors (Lipinski definition) is 1. The Bertz CT molecular complexity index is 1020. The van der Waals surface area contributed by atoms with E-state index in [0.717, 1.165) is 5.30 Å². The average molecular weight is 419 g/mol. The van der Waals surface area contributed by atoms with Crippen molar-refractivity contribution in [2.75, 3.05) is 0 Å². The van der Waals surface area contributed by atoms with Crippen molar-refractivity contribution in [3.8, 4) is 16.9 Å². The first-order valence-electron chi connectivity index (χ1n) is 8.60. The van der Waals surface area contributed by atoms with Crippen LogP contribution in [0.4, 0.5) is 0 Å². The van der Waals surface area contributed by atoms with Gasteiger partial charge in [0.05, 0.1) is 5.02 Å². The molecule has 3 aromatic rings. The second-order valence-corrected chi connectivity index (χ2v) is 11.8. The maximum absolute atomic E-state index is 14.6. The Kier molecular flexibility index (Phi) is 5.45.